The van der Waals surface area contributed by atoms with E-state index in [0.717, 1.165) is 12.2 Å². The maximum Gasteiger partial charge on any atom is 0.328 e. The fourth-order valence-electron chi connectivity index (χ4n) is 1.50. The number of carboxylic acid groups (broad SMARTS) is 1. The summed E-state index contributed by atoms with van der Waals surface area (Å²) in [6.45, 7) is 0. The zero-order valence-electron chi connectivity index (χ0n) is 10.1. The standard InChI is InChI=1S/C14H9BrFNO3/c15-9-6-10(8-17-7-9)20-13-3-1-2-12(16)11(13)4-5-14(18)19/h1-8H,(H,18,19)/b5-4+. The van der Waals surface area contributed by atoms with Gasteiger partial charge in [0.05, 0.1) is 11.8 Å². The van der Waals surface area contributed by atoms with Gasteiger partial charge in [-0.15, -0.1) is 0 Å². The average molecular weight is 338 g/mol. The van der Waals surface area contributed by atoms with E-state index < -0.39 is 11.8 Å². The quantitative estimate of drug-likeness (QED) is 0.860. The Morgan fingerprint density at radius 1 is 1.40 bits per heavy atom. The van der Waals surface area contributed by atoms with Crippen molar-refractivity contribution in [3.8, 4) is 11.5 Å². The number of aromatic nitrogens is 1. The third kappa shape index (κ3) is 3.64. The average Bonchev–Trinajstić information content (AvgIpc) is 2.38. The van der Waals surface area contributed by atoms with Gasteiger partial charge in [0.25, 0.3) is 0 Å². The largest absolute Gasteiger partial charge is 0.478 e. The first kappa shape index (κ1) is 14.2. The van der Waals surface area contributed by atoms with Crippen molar-refractivity contribution in [1.82, 2.24) is 4.98 Å². The fourth-order valence-corrected chi connectivity index (χ4v) is 1.84. The second kappa shape index (κ2) is 6.29. The second-order valence-corrected chi connectivity index (χ2v) is 4.68. The van der Waals surface area contributed by atoms with Crippen molar-refractivity contribution in [3.63, 3.8) is 0 Å². The minimum atomic E-state index is -1.16. The Labute approximate surface area is 122 Å². The lowest BCUT2D eigenvalue weighted by molar-refractivity contribution is -0.131. The van der Waals surface area contributed by atoms with Gasteiger partial charge in [0.2, 0.25) is 0 Å². The molecule has 0 radical (unpaired) electrons. The van der Waals surface area contributed by atoms with Crippen LogP contribution >= 0.6 is 15.9 Å². The van der Waals surface area contributed by atoms with Crippen molar-refractivity contribution in [2.24, 2.45) is 0 Å². The molecule has 0 aliphatic rings. The Hall–Kier alpha value is -2.21. The summed E-state index contributed by atoms with van der Waals surface area (Å²) in [6, 6.07) is 5.93. The van der Waals surface area contributed by atoms with Gasteiger partial charge in [-0.05, 0) is 40.2 Å². The molecule has 0 aliphatic carbocycles. The highest BCUT2D eigenvalue weighted by molar-refractivity contribution is 9.10. The molecule has 20 heavy (non-hydrogen) atoms. The topological polar surface area (TPSA) is 59.4 Å². The lowest BCUT2D eigenvalue weighted by atomic mass is 10.1. The molecule has 0 fully saturated rings. The monoisotopic (exact) mass is 337 g/mol. The molecule has 0 amide bonds. The van der Waals surface area contributed by atoms with Crippen LogP contribution in [0.5, 0.6) is 11.5 Å². The predicted octanol–water partition coefficient (Wildman–Crippen LogP) is 3.87. The van der Waals surface area contributed by atoms with Crippen LogP contribution in [-0.4, -0.2) is 16.1 Å². The van der Waals surface area contributed by atoms with Crippen LogP contribution in [0.15, 0.2) is 47.2 Å². The van der Waals surface area contributed by atoms with Crippen LogP contribution in [0.25, 0.3) is 6.08 Å². The fraction of sp³-hybridized carbons (Fsp3) is 0. The number of carbonyl (C=O) groups is 1. The van der Waals surface area contributed by atoms with Crippen LogP contribution in [0.4, 0.5) is 4.39 Å². The molecule has 4 nitrogen and oxygen atoms in total. The van der Waals surface area contributed by atoms with E-state index in [1.54, 1.807) is 18.3 Å². The summed E-state index contributed by atoms with van der Waals surface area (Å²) >= 11 is 3.25. The van der Waals surface area contributed by atoms with Gasteiger partial charge in [0.1, 0.15) is 17.3 Å². The van der Waals surface area contributed by atoms with Gasteiger partial charge in [0, 0.05) is 16.7 Å². The summed E-state index contributed by atoms with van der Waals surface area (Å²) in [5.74, 6) is -1.11. The maximum absolute atomic E-state index is 13.7. The molecule has 1 heterocycles. The molecule has 1 aromatic carbocycles. The van der Waals surface area contributed by atoms with E-state index >= 15 is 0 Å². The first-order chi connectivity index (χ1) is 9.56. The highest BCUT2D eigenvalue weighted by Gasteiger charge is 2.08. The molecular weight excluding hydrogens is 329 g/mol. The third-order valence-corrected chi connectivity index (χ3v) is 2.75. The van der Waals surface area contributed by atoms with Gasteiger partial charge < -0.3 is 9.84 Å². The Morgan fingerprint density at radius 3 is 2.90 bits per heavy atom. The number of hydrogen-bond acceptors (Lipinski definition) is 3. The van der Waals surface area contributed by atoms with Crippen LogP contribution in [0.2, 0.25) is 0 Å². The summed E-state index contributed by atoms with van der Waals surface area (Å²) in [7, 11) is 0. The van der Waals surface area contributed by atoms with Gasteiger partial charge in [-0.1, -0.05) is 6.07 Å². The molecule has 2 rings (SSSR count). The molecule has 0 aliphatic heterocycles. The minimum Gasteiger partial charge on any atom is -0.478 e. The van der Waals surface area contributed by atoms with Crippen molar-refractivity contribution in [2.75, 3.05) is 0 Å². The Bertz CT molecular complexity index is 673. The van der Waals surface area contributed by atoms with Crippen molar-refractivity contribution >= 4 is 28.0 Å². The van der Waals surface area contributed by atoms with Crippen molar-refractivity contribution < 1.29 is 19.0 Å². The lowest BCUT2D eigenvalue weighted by Crippen LogP contribution is -1.93. The van der Waals surface area contributed by atoms with Crippen molar-refractivity contribution in [1.29, 1.82) is 0 Å². The molecule has 2 aromatic rings. The summed E-state index contributed by atoms with van der Waals surface area (Å²) in [4.78, 5) is 14.5. The van der Waals surface area contributed by atoms with Crippen LogP contribution < -0.4 is 4.74 Å². The van der Waals surface area contributed by atoms with E-state index in [-0.39, 0.29) is 11.3 Å². The number of halogens is 2. The number of aliphatic carboxylic acids is 1. The van der Waals surface area contributed by atoms with E-state index in [9.17, 15) is 9.18 Å². The number of rotatable bonds is 4. The van der Waals surface area contributed by atoms with Crippen molar-refractivity contribution in [2.45, 2.75) is 0 Å². The number of carboxylic acids is 1. The van der Waals surface area contributed by atoms with Gasteiger partial charge in [-0.2, -0.15) is 0 Å². The van der Waals surface area contributed by atoms with E-state index in [0.29, 0.717) is 10.2 Å². The molecule has 102 valence electrons. The van der Waals surface area contributed by atoms with Gasteiger partial charge >= 0.3 is 5.97 Å². The van der Waals surface area contributed by atoms with E-state index in [1.165, 1.54) is 18.3 Å². The molecule has 0 unspecified atom stereocenters. The minimum absolute atomic E-state index is 0.0647. The Morgan fingerprint density at radius 2 is 2.20 bits per heavy atom. The molecule has 0 atom stereocenters. The first-order valence-electron chi connectivity index (χ1n) is 5.54. The zero-order chi connectivity index (χ0) is 14.5. The number of pyridine rings is 1. The molecule has 0 saturated heterocycles. The number of benzene rings is 1. The molecule has 0 bridgehead atoms. The molecule has 0 spiro atoms. The number of hydrogen-bond donors (Lipinski definition) is 1. The summed E-state index contributed by atoms with van der Waals surface area (Å²) < 4.78 is 20.0. The lowest BCUT2D eigenvalue weighted by Gasteiger charge is -2.09. The molecule has 1 aromatic heterocycles. The zero-order valence-corrected chi connectivity index (χ0v) is 11.7. The normalized spacial score (nSPS) is 10.7. The van der Waals surface area contributed by atoms with E-state index in [4.69, 9.17) is 9.84 Å². The Balaban J connectivity index is 2.36. The van der Waals surface area contributed by atoms with E-state index in [1.807, 2.05) is 0 Å². The molecule has 1 N–H and O–H groups in total. The molecular formula is C14H9BrFNO3. The van der Waals surface area contributed by atoms with E-state index in [2.05, 4.69) is 20.9 Å². The number of nitrogens with zero attached hydrogens (tertiary/aromatic N) is 1. The maximum atomic E-state index is 13.7. The van der Waals surface area contributed by atoms with Crippen LogP contribution in [0.3, 0.4) is 0 Å². The summed E-state index contributed by atoms with van der Waals surface area (Å²) in [5.41, 5.74) is 0.0647. The number of ether oxygens (including phenoxy) is 1. The van der Waals surface area contributed by atoms with Crippen LogP contribution in [0.1, 0.15) is 5.56 Å². The highest BCUT2D eigenvalue weighted by atomic mass is 79.9. The smallest absolute Gasteiger partial charge is 0.328 e. The van der Waals surface area contributed by atoms with Gasteiger partial charge in [0.15, 0.2) is 0 Å². The first-order valence-corrected chi connectivity index (χ1v) is 6.33. The van der Waals surface area contributed by atoms with Crippen molar-refractivity contribution in [3.05, 3.63) is 58.6 Å². The predicted molar refractivity (Wildman–Crippen MR) is 75.1 cm³/mol. The van der Waals surface area contributed by atoms with Gasteiger partial charge in [-0.3, -0.25) is 4.98 Å². The summed E-state index contributed by atoms with van der Waals surface area (Å²) in [5, 5.41) is 8.62. The van der Waals surface area contributed by atoms with Gasteiger partial charge in [-0.25, -0.2) is 9.18 Å². The highest BCUT2D eigenvalue weighted by Crippen LogP contribution is 2.29. The third-order valence-electron chi connectivity index (χ3n) is 2.31. The molecule has 0 saturated carbocycles. The van der Waals surface area contributed by atoms with Crippen LogP contribution in [-0.2, 0) is 4.79 Å². The summed E-state index contributed by atoms with van der Waals surface area (Å²) in [6.07, 6.45) is 5.06. The Kier molecular flexibility index (Phi) is 4.47. The molecule has 6 heteroatoms. The van der Waals surface area contributed by atoms with Crippen LogP contribution in [0, 0.1) is 5.82 Å². The second-order valence-electron chi connectivity index (χ2n) is 3.76. The SMILES string of the molecule is O=C(O)/C=C/c1c(F)cccc1Oc1cncc(Br)c1.